The van der Waals surface area contributed by atoms with Crippen LogP contribution in [0.1, 0.15) is 20.8 Å². The Morgan fingerprint density at radius 2 is 1.96 bits per heavy atom. The van der Waals surface area contributed by atoms with Gasteiger partial charge < -0.3 is 5.11 Å². The van der Waals surface area contributed by atoms with E-state index in [0.29, 0.717) is 11.3 Å². The monoisotopic (exact) mass is 329 g/mol. The summed E-state index contributed by atoms with van der Waals surface area (Å²) >= 11 is 0. The summed E-state index contributed by atoms with van der Waals surface area (Å²) in [5.74, 6) is -1.73. The molecule has 3 heterocycles. The van der Waals surface area contributed by atoms with Crippen molar-refractivity contribution in [2.75, 3.05) is 19.1 Å². The molecular formula is C14H15N7O3. The van der Waals surface area contributed by atoms with Crippen LogP contribution in [0.5, 0.6) is 0 Å². The number of hydrogen-bond donors (Lipinski definition) is 1. The van der Waals surface area contributed by atoms with E-state index >= 15 is 0 Å². The van der Waals surface area contributed by atoms with Crippen LogP contribution in [0.3, 0.4) is 0 Å². The van der Waals surface area contributed by atoms with Gasteiger partial charge in [0.15, 0.2) is 5.65 Å². The number of hydrazine groups is 1. The minimum atomic E-state index is -1.21. The van der Waals surface area contributed by atoms with E-state index in [1.807, 2.05) is 0 Å². The molecule has 10 heteroatoms. The molecule has 3 rings (SSSR count). The predicted octanol–water partition coefficient (Wildman–Crippen LogP) is 0.284. The zero-order valence-corrected chi connectivity index (χ0v) is 13.3. The smallest absolute Gasteiger partial charge is 0.339 e. The maximum Gasteiger partial charge on any atom is 0.339 e. The number of aromatic nitrogens is 5. The fourth-order valence-electron chi connectivity index (χ4n) is 2.41. The second kappa shape index (κ2) is 5.74. The van der Waals surface area contributed by atoms with E-state index in [1.165, 1.54) is 27.6 Å². The van der Waals surface area contributed by atoms with Gasteiger partial charge in [-0.05, 0) is 12.1 Å². The van der Waals surface area contributed by atoms with Crippen molar-refractivity contribution in [3.63, 3.8) is 0 Å². The van der Waals surface area contributed by atoms with Crippen LogP contribution in [0, 0.1) is 0 Å². The van der Waals surface area contributed by atoms with Crippen molar-refractivity contribution in [2.24, 2.45) is 7.05 Å². The van der Waals surface area contributed by atoms with E-state index in [4.69, 9.17) is 0 Å². The number of carbonyl (C=O) groups is 2. The highest BCUT2D eigenvalue weighted by Gasteiger charge is 2.28. The van der Waals surface area contributed by atoms with Gasteiger partial charge in [0, 0.05) is 21.1 Å². The summed E-state index contributed by atoms with van der Waals surface area (Å²) in [5.41, 5.74) is 0.975. The zero-order valence-electron chi connectivity index (χ0n) is 13.3. The van der Waals surface area contributed by atoms with Gasteiger partial charge in [-0.15, -0.1) is 0 Å². The lowest BCUT2D eigenvalue weighted by atomic mass is 10.2. The largest absolute Gasteiger partial charge is 0.478 e. The molecule has 0 spiro atoms. The van der Waals surface area contributed by atoms with Crippen molar-refractivity contribution in [1.82, 2.24) is 29.4 Å². The molecule has 24 heavy (non-hydrogen) atoms. The second-order valence-corrected chi connectivity index (χ2v) is 5.25. The molecular weight excluding hydrogens is 314 g/mol. The van der Waals surface area contributed by atoms with Crippen molar-refractivity contribution in [1.29, 1.82) is 0 Å². The van der Waals surface area contributed by atoms with Crippen molar-refractivity contribution >= 4 is 23.2 Å². The van der Waals surface area contributed by atoms with Crippen LogP contribution >= 0.6 is 0 Å². The molecule has 0 aliphatic carbocycles. The number of carboxylic acid groups (broad SMARTS) is 1. The van der Waals surface area contributed by atoms with Crippen molar-refractivity contribution in [2.45, 2.75) is 0 Å². The third-order valence-corrected chi connectivity index (χ3v) is 3.47. The van der Waals surface area contributed by atoms with Crippen LogP contribution in [-0.4, -0.2) is 60.5 Å². The lowest BCUT2D eigenvalue weighted by Crippen LogP contribution is -2.43. The molecule has 1 amide bonds. The molecule has 10 nitrogen and oxygen atoms in total. The Morgan fingerprint density at radius 3 is 2.62 bits per heavy atom. The summed E-state index contributed by atoms with van der Waals surface area (Å²) in [6.45, 7) is 0. The maximum absolute atomic E-state index is 13.0. The molecule has 0 radical (unpaired) electrons. The number of aromatic carboxylic acids is 1. The van der Waals surface area contributed by atoms with Crippen molar-refractivity contribution in [3.05, 3.63) is 42.1 Å². The molecule has 3 aromatic rings. The van der Waals surface area contributed by atoms with E-state index in [0.717, 1.165) is 6.20 Å². The minimum Gasteiger partial charge on any atom is -0.478 e. The van der Waals surface area contributed by atoms with Crippen LogP contribution in [0.15, 0.2) is 30.9 Å². The van der Waals surface area contributed by atoms with Crippen molar-refractivity contribution in [3.8, 4) is 0 Å². The minimum absolute atomic E-state index is 0.0186. The molecule has 0 saturated heterocycles. The Hall–Kier alpha value is -3.27. The van der Waals surface area contributed by atoms with Gasteiger partial charge in [-0.1, -0.05) is 0 Å². The van der Waals surface area contributed by atoms with Gasteiger partial charge in [-0.3, -0.25) is 9.48 Å². The Kier molecular flexibility index (Phi) is 3.73. The lowest BCUT2D eigenvalue weighted by molar-refractivity contribution is 0.0690. The fourth-order valence-corrected chi connectivity index (χ4v) is 2.41. The molecule has 0 aliphatic rings. The summed E-state index contributed by atoms with van der Waals surface area (Å²) in [6, 6.07) is 3.42. The first-order valence-corrected chi connectivity index (χ1v) is 6.96. The molecule has 0 unspecified atom stereocenters. The average molecular weight is 329 g/mol. The first-order valence-electron chi connectivity index (χ1n) is 6.96. The standard InChI is InChI=1S/C14H15N7O3/c1-18(2)21(9-4-5-11-15-8-17-20(11)7-9)13(22)12-10(14(23)24)6-16-19(12)3/h4-8H,1-3H3,(H,23,24). The number of pyridine rings is 1. The number of rotatable bonds is 4. The van der Waals surface area contributed by atoms with E-state index < -0.39 is 11.9 Å². The predicted molar refractivity (Wildman–Crippen MR) is 83.7 cm³/mol. The summed E-state index contributed by atoms with van der Waals surface area (Å²) in [6.07, 6.45) is 4.20. The molecule has 124 valence electrons. The van der Waals surface area contributed by atoms with Gasteiger partial charge in [-0.25, -0.2) is 24.3 Å². The third kappa shape index (κ3) is 2.48. The van der Waals surface area contributed by atoms with E-state index in [2.05, 4.69) is 15.2 Å². The molecule has 0 aliphatic heterocycles. The Bertz CT molecular complexity index is 927. The first-order chi connectivity index (χ1) is 11.4. The number of carbonyl (C=O) groups excluding carboxylic acids is 1. The van der Waals surface area contributed by atoms with Gasteiger partial charge in [-0.2, -0.15) is 10.2 Å². The second-order valence-electron chi connectivity index (χ2n) is 5.25. The molecule has 0 aromatic carbocycles. The van der Waals surface area contributed by atoms with E-state index in [-0.39, 0.29) is 11.3 Å². The summed E-state index contributed by atoms with van der Waals surface area (Å²) in [7, 11) is 4.88. The molecule has 0 saturated carbocycles. The average Bonchev–Trinajstić information content (AvgIpc) is 3.12. The Balaban J connectivity index is 2.10. The van der Waals surface area contributed by atoms with Crippen LogP contribution in [0.4, 0.5) is 5.69 Å². The van der Waals surface area contributed by atoms with Gasteiger partial charge in [0.25, 0.3) is 5.91 Å². The zero-order chi connectivity index (χ0) is 17.4. The molecule has 1 N–H and O–H groups in total. The van der Waals surface area contributed by atoms with Crippen LogP contribution in [0.25, 0.3) is 5.65 Å². The highest BCUT2D eigenvalue weighted by atomic mass is 16.4. The van der Waals surface area contributed by atoms with Gasteiger partial charge in [0.1, 0.15) is 17.6 Å². The number of hydrogen-bond acceptors (Lipinski definition) is 6. The number of carboxylic acids is 1. The highest BCUT2D eigenvalue weighted by Crippen LogP contribution is 2.20. The van der Waals surface area contributed by atoms with Crippen LogP contribution in [0.2, 0.25) is 0 Å². The number of aryl methyl sites for hydroxylation is 1. The number of fused-ring (bicyclic) bond motifs is 1. The number of anilines is 1. The Morgan fingerprint density at radius 1 is 1.21 bits per heavy atom. The van der Waals surface area contributed by atoms with Gasteiger partial charge in [0.05, 0.1) is 18.1 Å². The Labute approximate surface area is 136 Å². The fraction of sp³-hybridized carbons (Fsp3) is 0.214. The van der Waals surface area contributed by atoms with E-state index in [9.17, 15) is 14.7 Å². The molecule has 0 atom stereocenters. The molecule has 0 bridgehead atoms. The quantitative estimate of drug-likeness (QED) is 0.685. The topological polar surface area (TPSA) is 109 Å². The summed E-state index contributed by atoms with van der Waals surface area (Å²) in [5, 5.41) is 20.1. The van der Waals surface area contributed by atoms with Crippen LogP contribution in [-0.2, 0) is 7.05 Å². The lowest BCUT2D eigenvalue weighted by Gasteiger charge is -2.28. The van der Waals surface area contributed by atoms with Crippen molar-refractivity contribution < 1.29 is 14.7 Å². The molecule has 3 aromatic heterocycles. The SMILES string of the molecule is CN(C)N(C(=O)c1c(C(=O)O)cnn1C)c1ccc2ncnn2c1. The first kappa shape index (κ1) is 15.6. The number of amides is 1. The molecule has 0 fully saturated rings. The third-order valence-electron chi connectivity index (χ3n) is 3.47. The normalized spacial score (nSPS) is 11.2. The van der Waals surface area contributed by atoms with Crippen LogP contribution < -0.4 is 5.01 Å². The van der Waals surface area contributed by atoms with E-state index in [1.54, 1.807) is 37.4 Å². The summed E-state index contributed by atoms with van der Waals surface area (Å²) in [4.78, 5) is 28.4. The maximum atomic E-state index is 13.0. The van der Waals surface area contributed by atoms with Gasteiger partial charge in [0.2, 0.25) is 0 Å². The summed E-state index contributed by atoms with van der Waals surface area (Å²) < 4.78 is 2.77. The highest BCUT2D eigenvalue weighted by molar-refractivity contribution is 6.10. The van der Waals surface area contributed by atoms with Gasteiger partial charge >= 0.3 is 5.97 Å². The number of nitrogens with zero attached hydrogens (tertiary/aromatic N) is 7.